The van der Waals surface area contributed by atoms with Gasteiger partial charge in [-0.25, -0.2) is 4.79 Å². The molecule has 2 aromatic rings. The number of para-hydroxylation sites is 1. The Morgan fingerprint density at radius 1 is 1.07 bits per heavy atom. The van der Waals surface area contributed by atoms with Crippen molar-refractivity contribution in [2.24, 2.45) is 5.92 Å². The lowest BCUT2D eigenvalue weighted by Crippen LogP contribution is -2.42. The van der Waals surface area contributed by atoms with Crippen LogP contribution in [-0.4, -0.2) is 28.6 Å². The Kier molecular flexibility index (Phi) is 5.87. The maximum atomic E-state index is 12.8. The second-order valence-electron chi connectivity index (χ2n) is 8.51. The standard InChI is InChI=1S/C22H29N3O3/c1-14-8-9-15-6-5-7-18(19(15)23-14)25-20(26)16-10-12-17(13-11-16)24-21(27)28-22(2,3)4/h5-9,16-17H,10-13H2,1-4H3,(H,24,27)(H,25,26). The molecule has 0 saturated heterocycles. The number of anilines is 1. The molecule has 0 spiro atoms. The Labute approximate surface area is 166 Å². The number of nitrogens with one attached hydrogen (secondary N) is 2. The number of carbonyl (C=O) groups is 2. The molecule has 6 heteroatoms. The Morgan fingerprint density at radius 3 is 2.46 bits per heavy atom. The summed E-state index contributed by atoms with van der Waals surface area (Å²) in [4.78, 5) is 29.2. The first-order valence-electron chi connectivity index (χ1n) is 9.88. The topological polar surface area (TPSA) is 80.3 Å². The Hall–Kier alpha value is -2.63. The fraction of sp³-hybridized carbons (Fsp3) is 0.500. The highest BCUT2D eigenvalue weighted by atomic mass is 16.6. The minimum atomic E-state index is -0.508. The number of nitrogens with zero attached hydrogens (tertiary/aromatic N) is 1. The van der Waals surface area contributed by atoms with Gasteiger partial charge in [-0.05, 0) is 65.5 Å². The van der Waals surface area contributed by atoms with Gasteiger partial charge in [-0.3, -0.25) is 9.78 Å². The van der Waals surface area contributed by atoms with Crippen molar-refractivity contribution in [1.29, 1.82) is 0 Å². The van der Waals surface area contributed by atoms with Crippen LogP contribution in [0.15, 0.2) is 30.3 Å². The predicted octanol–water partition coefficient (Wildman–Crippen LogP) is 4.57. The van der Waals surface area contributed by atoms with Gasteiger partial charge in [0, 0.05) is 23.0 Å². The van der Waals surface area contributed by atoms with Crippen LogP contribution in [0.25, 0.3) is 10.9 Å². The van der Waals surface area contributed by atoms with Crippen LogP contribution in [0.1, 0.15) is 52.1 Å². The quantitative estimate of drug-likeness (QED) is 0.814. The molecule has 1 fully saturated rings. The van der Waals surface area contributed by atoms with E-state index in [-0.39, 0.29) is 17.9 Å². The normalized spacial score (nSPS) is 19.9. The number of fused-ring (bicyclic) bond motifs is 1. The largest absolute Gasteiger partial charge is 0.444 e. The number of benzene rings is 1. The van der Waals surface area contributed by atoms with Gasteiger partial charge >= 0.3 is 6.09 Å². The molecule has 2 N–H and O–H groups in total. The minimum Gasteiger partial charge on any atom is -0.444 e. The minimum absolute atomic E-state index is 0.0199. The monoisotopic (exact) mass is 383 g/mol. The molecule has 1 aliphatic carbocycles. The first-order valence-corrected chi connectivity index (χ1v) is 9.88. The summed E-state index contributed by atoms with van der Waals surface area (Å²) in [6.07, 6.45) is 2.62. The van der Waals surface area contributed by atoms with Gasteiger partial charge in [-0.1, -0.05) is 18.2 Å². The summed E-state index contributed by atoms with van der Waals surface area (Å²) in [6, 6.07) is 9.85. The maximum absolute atomic E-state index is 12.8. The number of aryl methyl sites for hydroxylation is 1. The molecule has 2 amide bonds. The molecule has 28 heavy (non-hydrogen) atoms. The first kappa shape index (κ1) is 20.1. The fourth-order valence-electron chi connectivity index (χ4n) is 3.55. The fourth-order valence-corrected chi connectivity index (χ4v) is 3.55. The summed E-state index contributed by atoms with van der Waals surface area (Å²) >= 11 is 0. The van der Waals surface area contributed by atoms with E-state index in [1.807, 2.05) is 58.0 Å². The Morgan fingerprint density at radius 2 is 1.79 bits per heavy atom. The van der Waals surface area contributed by atoms with E-state index in [2.05, 4.69) is 15.6 Å². The highest BCUT2D eigenvalue weighted by molar-refractivity contribution is 6.01. The second kappa shape index (κ2) is 8.17. The third-order valence-corrected chi connectivity index (χ3v) is 4.94. The molecular formula is C22H29N3O3. The average molecular weight is 383 g/mol. The summed E-state index contributed by atoms with van der Waals surface area (Å²) in [7, 11) is 0. The van der Waals surface area contributed by atoms with Crippen molar-refractivity contribution in [2.75, 3.05) is 5.32 Å². The number of hydrogen-bond acceptors (Lipinski definition) is 4. The number of amides is 2. The number of carbonyl (C=O) groups excluding carboxylic acids is 2. The van der Waals surface area contributed by atoms with Crippen LogP contribution in [0, 0.1) is 12.8 Å². The van der Waals surface area contributed by atoms with Crippen LogP contribution in [0.3, 0.4) is 0 Å². The van der Waals surface area contributed by atoms with Gasteiger partial charge < -0.3 is 15.4 Å². The zero-order chi connectivity index (χ0) is 20.3. The number of pyridine rings is 1. The van der Waals surface area contributed by atoms with Gasteiger partial charge in [0.1, 0.15) is 5.60 Å². The van der Waals surface area contributed by atoms with Crippen LogP contribution >= 0.6 is 0 Å². The molecule has 1 aliphatic rings. The Bertz CT molecular complexity index is 865. The maximum Gasteiger partial charge on any atom is 0.407 e. The van der Waals surface area contributed by atoms with Crippen molar-refractivity contribution in [3.8, 4) is 0 Å². The molecule has 0 atom stereocenters. The van der Waals surface area contributed by atoms with Crippen molar-refractivity contribution < 1.29 is 14.3 Å². The van der Waals surface area contributed by atoms with Gasteiger partial charge in [-0.2, -0.15) is 0 Å². The molecule has 0 bridgehead atoms. The highest BCUT2D eigenvalue weighted by Crippen LogP contribution is 2.28. The van der Waals surface area contributed by atoms with E-state index < -0.39 is 11.7 Å². The van der Waals surface area contributed by atoms with Crippen LogP contribution in [0.5, 0.6) is 0 Å². The molecule has 1 aromatic carbocycles. The number of alkyl carbamates (subject to hydrolysis) is 1. The second-order valence-corrected chi connectivity index (χ2v) is 8.51. The molecule has 3 rings (SSSR count). The highest BCUT2D eigenvalue weighted by Gasteiger charge is 2.28. The molecule has 1 saturated carbocycles. The van der Waals surface area contributed by atoms with E-state index in [4.69, 9.17) is 4.74 Å². The number of aromatic nitrogens is 1. The number of hydrogen-bond donors (Lipinski definition) is 2. The summed E-state index contributed by atoms with van der Waals surface area (Å²) in [5, 5.41) is 6.98. The lowest BCUT2D eigenvalue weighted by atomic mass is 9.85. The summed E-state index contributed by atoms with van der Waals surface area (Å²) in [5.41, 5.74) is 1.98. The van der Waals surface area contributed by atoms with E-state index in [1.165, 1.54) is 0 Å². The predicted molar refractivity (Wildman–Crippen MR) is 110 cm³/mol. The first-order chi connectivity index (χ1) is 13.2. The van der Waals surface area contributed by atoms with E-state index in [0.29, 0.717) is 0 Å². The average Bonchev–Trinajstić information content (AvgIpc) is 2.61. The van der Waals surface area contributed by atoms with Gasteiger partial charge in [0.25, 0.3) is 0 Å². The van der Waals surface area contributed by atoms with E-state index in [9.17, 15) is 9.59 Å². The van der Waals surface area contributed by atoms with Crippen LogP contribution in [0.4, 0.5) is 10.5 Å². The zero-order valence-corrected chi connectivity index (χ0v) is 17.0. The van der Waals surface area contributed by atoms with Crippen molar-refractivity contribution in [2.45, 2.75) is 65.0 Å². The molecule has 150 valence electrons. The van der Waals surface area contributed by atoms with Gasteiger partial charge in [0.05, 0.1) is 11.2 Å². The third-order valence-electron chi connectivity index (χ3n) is 4.94. The Balaban J connectivity index is 1.56. The van der Waals surface area contributed by atoms with Crippen LogP contribution in [0.2, 0.25) is 0 Å². The summed E-state index contributed by atoms with van der Waals surface area (Å²) < 4.78 is 5.31. The smallest absolute Gasteiger partial charge is 0.407 e. The van der Waals surface area contributed by atoms with Crippen molar-refractivity contribution >= 4 is 28.6 Å². The van der Waals surface area contributed by atoms with E-state index in [0.717, 1.165) is 48.0 Å². The van der Waals surface area contributed by atoms with E-state index >= 15 is 0 Å². The molecule has 6 nitrogen and oxygen atoms in total. The lowest BCUT2D eigenvalue weighted by Gasteiger charge is -2.29. The molecule has 1 heterocycles. The molecular weight excluding hydrogens is 354 g/mol. The van der Waals surface area contributed by atoms with Crippen molar-refractivity contribution in [3.05, 3.63) is 36.0 Å². The van der Waals surface area contributed by atoms with Gasteiger partial charge in [0.2, 0.25) is 5.91 Å². The lowest BCUT2D eigenvalue weighted by molar-refractivity contribution is -0.120. The molecule has 0 aliphatic heterocycles. The van der Waals surface area contributed by atoms with Crippen molar-refractivity contribution in [1.82, 2.24) is 10.3 Å². The third kappa shape index (κ3) is 5.21. The van der Waals surface area contributed by atoms with Crippen LogP contribution < -0.4 is 10.6 Å². The van der Waals surface area contributed by atoms with Crippen molar-refractivity contribution in [3.63, 3.8) is 0 Å². The SMILES string of the molecule is Cc1ccc2cccc(NC(=O)C3CCC(NC(=O)OC(C)(C)C)CC3)c2n1. The van der Waals surface area contributed by atoms with E-state index in [1.54, 1.807) is 0 Å². The number of rotatable bonds is 3. The van der Waals surface area contributed by atoms with Crippen LogP contribution in [-0.2, 0) is 9.53 Å². The molecule has 0 radical (unpaired) electrons. The zero-order valence-electron chi connectivity index (χ0n) is 17.0. The molecule has 0 unspecified atom stereocenters. The van der Waals surface area contributed by atoms with Gasteiger partial charge in [-0.15, -0.1) is 0 Å². The molecule has 1 aromatic heterocycles. The summed E-state index contributed by atoms with van der Waals surface area (Å²) in [5.74, 6) is -0.0386. The summed E-state index contributed by atoms with van der Waals surface area (Å²) in [6.45, 7) is 7.48. The number of ether oxygens (including phenoxy) is 1. The van der Waals surface area contributed by atoms with Gasteiger partial charge in [0.15, 0.2) is 0 Å².